The van der Waals surface area contributed by atoms with E-state index in [-0.39, 0.29) is 11.7 Å². The van der Waals surface area contributed by atoms with Gasteiger partial charge in [0, 0.05) is 5.69 Å². The van der Waals surface area contributed by atoms with Gasteiger partial charge >= 0.3 is 6.01 Å². The standard InChI is InChI=1S/C17H12FN3O2/c18-14-11-19-17(23-13-9-5-2-6-10-13)21-15(14)16(22)20-12-7-3-1-4-8-12/h1-11H,(H,20,22). The van der Waals surface area contributed by atoms with Crippen molar-refractivity contribution in [2.24, 2.45) is 0 Å². The van der Waals surface area contributed by atoms with Crippen LogP contribution in [0, 0.1) is 5.82 Å². The molecule has 0 fully saturated rings. The number of carbonyl (C=O) groups excluding carboxylic acids is 1. The molecule has 0 radical (unpaired) electrons. The lowest BCUT2D eigenvalue weighted by atomic mass is 10.3. The van der Waals surface area contributed by atoms with Gasteiger partial charge in [0.1, 0.15) is 5.75 Å². The van der Waals surface area contributed by atoms with Crippen LogP contribution in [-0.4, -0.2) is 15.9 Å². The molecule has 114 valence electrons. The smallest absolute Gasteiger partial charge is 0.322 e. The maximum Gasteiger partial charge on any atom is 0.322 e. The van der Waals surface area contributed by atoms with Crippen molar-refractivity contribution in [1.29, 1.82) is 0 Å². The first-order chi connectivity index (χ1) is 11.2. The first kappa shape index (κ1) is 14.6. The van der Waals surface area contributed by atoms with E-state index in [1.165, 1.54) is 0 Å². The number of benzene rings is 2. The van der Waals surface area contributed by atoms with Gasteiger partial charge in [-0.2, -0.15) is 4.98 Å². The fourth-order valence-corrected chi connectivity index (χ4v) is 1.87. The number of rotatable bonds is 4. The van der Waals surface area contributed by atoms with Crippen molar-refractivity contribution < 1.29 is 13.9 Å². The molecule has 3 aromatic rings. The molecule has 0 bridgehead atoms. The number of halogens is 1. The summed E-state index contributed by atoms with van der Waals surface area (Å²) >= 11 is 0. The number of nitrogens with zero attached hydrogens (tertiary/aromatic N) is 2. The van der Waals surface area contributed by atoms with Gasteiger partial charge in [0.2, 0.25) is 0 Å². The molecule has 0 saturated carbocycles. The van der Waals surface area contributed by atoms with E-state index in [1.807, 2.05) is 12.1 Å². The summed E-state index contributed by atoms with van der Waals surface area (Å²) in [5.74, 6) is -0.999. The van der Waals surface area contributed by atoms with Gasteiger partial charge in [-0.3, -0.25) is 4.79 Å². The Labute approximate surface area is 131 Å². The van der Waals surface area contributed by atoms with E-state index in [0.717, 1.165) is 6.20 Å². The zero-order chi connectivity index (χ0) is 16.1. The van der Waals surface area contributed by atoms with Crippen LogP contribution in [0.5, 0.6) is 11.8 Å². The summed E-state index contributed by atoms with van der Waals surface area (Å²) in [6.45, 7) is 0. The fraction of sp³-hybridized carbons (Fsp3) is 0. The Kier molecular flexibility index (Phi) is 4.24. The van der Waals surface area contributed by atoms with Crippen LogP contribution in [0.25, 0.3) is 0 Å². The number of ether oxygens (including phenoxy) is 1. The van der Waals surface area contributed by atoms with Gasteiger partial charge in [-0.15, -0.1) is 0 Å². The summed E-state index contributed by atoms with van der Waals surface area (Å²) in [7, 11) is 0. The van der Waals surface area contributed by atoms with Crippen molar-refractivity contribution in [2.75, 3.05) is 5.32 Å². The highest BCUT2D eigenvalue weighted by molar-refractivity contribution is 6.03. The van der Waals surface area contributed by atoms with E-state index in [1.54, 1.807) is 48.5 Å². The van der Waals surface area contributed by atoms with Crippen LogP contribution >= 0.6 is 0 Å². The minimum atomic E-state index is -0.821. The minimum absolute atomic E-state index is 0.101. The molecule has 1 heterocycles. The maximum absolute atomic E-state index is 13.8. The first-order valence-electron chi connectivity index (χ1n) is 6.84. The Morgan fingerprint density at radius 1 is 1.00 bits per heavy atom. The average Bonchev–Trinajstić information content (AvgIpc) is 2.58. The molecular weight excluding hydrogens is 297 g/mol. The van der Waals surface area contributed by atoms with Crippen LogP contribution in [0.1, 0.15) is 10.5 Å². The van der Waals surface area contributed by atoms with Crippen molar-refractivity contribution in [1.82, 2.24) is 9.97 Å². The minimum Gasteiger partial charge on any atom is -0.424 e. The molecule has 0 aliphatic heterocycles. The molecule has 5 nitrogen and oxygen atoms in total. The molecule has 1 N–H and O–H groups in total. The lowest BCUT2D eigenvalue weighted by Crippen LogP contribution is -2.16. The van der Waals surface area contributed by atoms with Crippen LogP contribution in [0.2, 0.25) is 0 Å². The predicted octanol–water partition coefficient (Wildman–Crippen LogP) is 3.66. The molecule has 0 aliphatic carbocycles. The van der Waals surface area contributed by atoms with E-state index >= 15 is 0 Å². The summed E-state index contributed by atoms with van der Waals surface area (Å²) in [6, 6.07) is 17.4. The van der Waals surface area contributed by atoms with Crippen LogP contribution in [0.4, 0.5) is 10.1 Å². The van der Waals surface area contributed by atoms with Crippen LogP contribution in [-0.2, 0) is 0 Å². The molecule has 6 heteroatoms. The van der Waals surface area contributed by atoms with E-state index in [0.29, 0.717) is 11.4 Å². The second kappa shape index (κ2) is 6.65. The van der Waals surface area contributed by atoms with Crippen LogP contribution in [0.15, 0.2) is 66.9 Å². The van der Waals surface area contributed by atoms with E-state index < -0.39 is 11.7 Å². The molecule has 0 atom stereocenters. The molecule has 2 aromatic carbocycles. The van der Waals surface area contributed by atoms with Crippen molar-refractivity contribution in [3.8, 4) is 11.8 Å². The summed E-state index contributed by atoms with van der Waals surface area (Å²) in [6.07, 6.45) is 0.908. The Bertz CT molecular complexity index is 811. The van der Waals surface area contributed by atoms with Gasteiger partial charge in [0.25, 0.3) is 5.91 Å². The Morgan fingerprint density at radius 3 is 2.35 bits per heavy atom. The van der Waals surface area contributed by atoms with Gasteiger partial charge in [-0.25, -0.2) is 9.37 Å². The quantitative estimate of drug-likeness (QED) is 0.799. The highest BCUT2D eigenvalue weighted by Gasteiger charge is 2.16. The van der Waals surface area contributed by atoms with Crippen LogP contribution < -0.4 is 10.1 Å². The largest absolute Gasteiger partial charge is 0.424 e. The summed E-state index contributed by atoms with van der Waals surface area (Å²) in [5.41, 5.74) is 0.163. The molecule has 23 heavy (non-hydrogen) atoms. The van der Waals surface area contributed by atoms with E-state index in [2.05, 4.69) is 15.3 Å². The SMILES string of the molecule is O=C(Nc1ccccc1)c1nc(Oc2ccccc2)ncc1F. The second-order valence-electron chi connectivity index (χ2n) is 4.58. The van der Waals surface area contributed by atoms with Crippen molar-refractivity contribution in [2.45, 2.75) is 0 Å². The highest BCUT2D eigenvalue weighted by Crippen LogP contribution is 2.18. The van der Waals surface area contributed by atoms with E-state index in [9.17, 15) is 9.18 Å². The summed E-state index contributed by atoms with van der Waals surface area (Å²) < 4.78 is 19.2. The zero-order valence-electron chi connectivity index (χ0n) is 11.9. The lowest BCUT2D eigenvalue weighted by Gasteiger charge is -2.07. The number of anilines is 1. The Balaban J connectivity index is 1.81. The third-order valence-corrected chi connectivity index (χ3v) is 2.92. The monoisotopic (exact) mass is 309 g/mol. The fourth-order valence-electron chi connectivity index (χ4n) is 1.87. The Morgan fingerprint density at radius 2 is 1.65 bits per heavy atom. The molecule has 0 saturated heterocycles. The number of aromatic nitrogens is 2. The number of carbonyl (C=O) groups is 1. The third-order valence-electron chi connectivity index (χ3n) is 2.92. The van der Waals surface area contributed by atoms with Crippen molar-refractivity contribution >= 4 is 11.6 Å². The van der Waals surface area contributed by atoms with Gasteiger partial charge in [0.15, 0.2) is 11.5 Å². The number of hydrogen-bond donors (Lipinski definition) is 1. The molecule has 1 amide bonds. The first-order valence-corrected chi connectivity index (χ1v) is 6.84. The average molecular weight is 309 g/mol. The normalized spacial score (nSPS) is 10.1. The summed E-state index contributed by atoms with van der Waals surface area (Å²) in [4.78, 5) is 19.7. The summed E-state index contributed by atoms with van der Waals surface area (Å²) in [5, 5.41) is 2.57. The van der Waals surface area contributed by atoms with Gasteiger partial charge < -0.3 is 10.1 Å². The molecule has 0 spiro atoms. The molecule has 0 aliphatic rings. The molecule has 1 aromatic heterocycles. The van der Waals surface area contributed by atoms with E-state index in [4.69, 9.17) is 4.74 Å². The number of amides is 1. The van der Waals surface area contributed by atoms with Crippen molar-refractivity contribution in [3.63, 3.8) is 0 Å². The Hall–Kier alpha value is -3.28. The third kappa shape index (κ3) is 3.68. The maximum atomic E-state index is 13.8. The van der Waals surface area contributed by atoms with Gasteiger partial charge in [-0.05, 0) is 24.3 Å². The number of nitrogens with one attached hydrogen (secondary N) is 1. The zero-order valence-corrected chi connectivity index (χ0v) is 11.9. The topological polar surface area (TPSA) is 64.1 Å². The van der Waals surface area contributed by atoms with Crippen molar-refractivity contribution in [3.05, 3.63) is 78.4 Å². The molecular formula is C17H12FN3O2. The molecule has 0 unspecified atom stereocenters. The molecule has 3 rings (SSSR count). The van der Waals surface area contributed by atoms with Crippen LogP contribution in [0.3, 0.4) is 0 Å². The second-order valence-corrected chi connectivity index (χ2v) is 4.58. The lowest BCUT2D eigenvalue weighted by molar-refractivity contribution is 0.101. The highest BCUT2D eigenvalue weighted by atomic mass is 19.1. The number of para-hydroxylation sites is 2. The number of hydrogen-bond acceptors (Lipinski definition) is 4. The van der Waals surface area contributed by atoms with Gasteiger partial charge in [0.05, 0.1) is 6.20 Å². The predicted molar refractivity (Wildman–Crippen MR) is 82.9 cm³/mol. The van der Waals surface area contributed by atoms with Gasteiger partial charge in [-0.1, -0.05) is 36.4 Å².